The van der Waals surface area contributed by atoms with Crippen LogP contribution in [0.5, 0.6) is 5.75 Å². The van der Waals surface area contributed by atoms with Gasteiger partial charge in [0.05, 0.1) is 13.4 Å². The summed E-state index contributed by atoms with van der Waals surface area (Å²) in [5.74, 6) is 0.921. The van der Waals surface area contributed by atoms with Crippen molar-refractivity contribution in [1.29, 1.82) is 0 Å². The monoisotopic (exact) mass is 245 g/mol. The molecule has 96 valence electrons. The summed E-state index contributed by atoms with van der Waals surface area (Å²) in [6, 6.07) is 8.20. The quantitative estimate of drug-likeness (QED) is 0.731. The summed E-state index contributed by atoms with van der Waals surface area (Å²) in [7, 11) is 1.70. The molecule has 2 rings (SSSR count). The highest BCUT2D eigenvalue weighted by Gasteiger charge is 1.97. The minimum Gasteiger partial charge on any atom is -0.497 e. The number of hydrogen-bond acceptors (Lipinski definition) is 3. The van der Waals surface area contributed by atoms with Crippen LogP contribution >= 0.6 is 0 Å². The van der Waals surface area contributed by atoms with E-state index in [0.29, 0.717) is 0 Å². The number of imidazole rings is 1. The van der Waals surface area contributed by atoms with Gasteiger partial charge in [-0.05, 0) is 30.7 Å². The van der Waals surface area contributed by atoms with Gasteiger partial charge in [0.2, 0.25) is 0 Å². The number of nitrogens with one attached hydrogen (secondary N) is 2. The van der Waals surface area contributed by atoms with E-state index >= 15 is 0 Å². The lowest BCUT2D eigenvalue weighted by molar-refractivity contribution is 0.414. The highest BCUT2D eigenvalue weighted by molar-refractivity contribution is 5.28. The van der Waals surface area contributed by atoms with E-state index in [1.807, 2.05) is 18.3 Å². The Bertz CT molecular complexity index is 454. The Morgan fingerprint density at radius 2 is 2.17 bits per heavy atom. The van der Waals surface area contributed by atoms with Gasteiger partial charge in [-0.2, -0.15) is 0 Å². The minimum atomic E-state index is 0.921. The summed E-state index contributed by atoms with van der Waals surface area (Å²) in [4.78, 5) is 7.08. The number of nitrogens with zero attached hydrogens (tertiary/aromatic N) is 1. The number of hydrogen-bond donors (Lipinski definition) is 2. The molecule has 0 atom stereocenters. The van der Waals surface area contributed by atoms with Gasteiger partial charge < -0.3 is 15.0 Å². The molecule has 18 heavy (non-hydrogen) atoms. The van der Waals surface area contributed by atoms with Crippen molar-refractivity contribution in [3.8, 4) is 5.75 Å². The van der Waals surface area contributed by atoms with Gasteiger partial charge in [-0.1, -0.05) is 12.1 Å². The van der Waals surface area contributed by atoms with Crippen LogP contribution < -0.4 is 10.1 Å². The lowest BCUT2D eigenvalue weighted by Gasteiger charge is -2.06. The molecule has 0 saturated heterocycles. The zero-order valence-electron chi connectivity index (χ0n) is 10.6. The van der Waals surface area contributed by atoms with Gasteiger partial charge >= 0.3 is 0 Å². The molecule has 4 heteroatoms. The van der Waals surface area contributed by atoms with Crippen molar-refractivity contribution >= 4 is 0 Å². The molecule has 0 fully saturated rings. The number of benzene rings is 1. The average Bonchev–Trinajstić information content (AvgIpc) is 2.92. The fourth-order valence-electron chi connectivity index (χ4n) is 1.83. The van der Waals surface area contributed by atoms with Crippen LogP contribution in [0.4, 0.5) is 0 Å². The van der Waals surface area contributed by atoms with E-state index in [-0.39, 0.29) is 0 Å². The molecule has 0 spiro atoms. The molecule has 0 aliphatic rings. The maximum absolute atomic E-state index is 5.20. The first kappa shape index (κ1) is 12.6. The fraction of sp³-hybridized carbons (Fsp3) is 0.357. The number of aromatic amines is 1. The van der Waals surface area contributed by atoms with E-state index in [1.165, 1.54) is 11.3 Å². The molecule has 0 aliphatic carbocycles. The van der Waals surface area contributed by atoms with Crippen LogP contribution in [0.1, 0.15) is 11.3 Å². The molecule has 2 aromatic rings. The largest absolute Gasteiger partial charge is 0.497 e. The van der Waals surface area contributed by atoms with E-state index in [2.05, 4.69) is 27.4 Å². The molecule has 0 amide bonds. The summed E-state index contributed by atoms with van der Waals surface area (Å²) >= 11 is 0. The third-order valence-electron chi connectivity index (χ3n) is 2.85. The maximum atomic E-state index is 5.20. The Balaban J connectivity index is 1.65. The Morgan fingerprint density at radius 3 is 2.94 bits per heavy atom. The summed E-state index contributed by atoms with van der Waals surface area (Å²) < 4.78 is 5.20. The standard InChI is InChI=1S/C14H19N3O/c1-18-14-4-2-3-12(9-14)5-7-15-8-6-13-10-16-11-17-13/h2-4,9-11,15H,5-8H2,1H3,(H,16,17). The molecule has 0 unspecified atom stereocenters. The molecule has 0 saturated carbocycles. The molecular weight excluding hydrogens is 226 g/mol. The number of methoxy groups -OCH3 is 1. The molecule has 2 N–H and O–H groups in total. The molecule has 1 aromatic carbocycles. The second kappa shape index (κ2) is 6.81. The zero-order chi connectivity index (χ0) is 12.6. The van der Waals surface area contributed by atoms with Crippen LogP contribution in [0.3, 0.4) is 0 Å². The van der Waals surface area contributed by atoms with E-state index in [0.717, 1.165) is 31.7 Å². The first-order chi connectivity index (χ1) is 8.88. The smallest absolute Gasteiger partial charge is 0.119 e. The van der Waals surface area contributed by atoms with Gasteiger partial charge in [-0.25, -0.2) is 4.98 Å². The van der Waals surface area contributed by atoms with E-state index in [9.17, 15) is 0 Å². The molecule has 0 aliphatic heterocycles. The van der Waals surface area contributed by atoms with Gasteiger partial charge in [0.25, 0.3) is 0 Å². The Kier molecular flexibility index (Phi) is 4.78. The normalized spacial score (nSPS) is 10.5. The van der Waals surface area contributed by atoms with Crippen LogP contribution in [-0.2, 0) is 12.8 Å². The fourth-order valence-corrected chi connectivity index (χ4v) is 1.83. The minimum absolute atomic E-state index is 0.921. The first-order valence-electron chi connectivity index (χ1n) is 6.19. The highest BCUT2D eigenvalue weighted by Crippen LogP contribution is 2.12. The predicted molar refractivity (Wildman–Crippen MR) is 71.9 cm³/mol. The van der Waals surface area contributed by atoms with Gasteiger partial charge in [0.15, 0.2) is 0 Å². The van der Waals surface area contributed by atoms with Crippen LogP contribution in [-0.4, -0.2) is 30.2 Å². The number of aromatic nitrogens is 2. The van der Waals surface area contributed by atoms with Crippen molar-refractivity contribution in [3.05, 3.63) is 48.0 Å². The summed E-state index contributed by atoms with van der Waals surface area (Å²) in [6.07, 6.45) is 5.58. The van der Waals surface area contributed by atoms with Crippen LogP contribution in [0.25, 0.3) is 0 Å². The van der Waals surface area contributed by atoms with Crippen LogP contribution in [0, 0.1) is 0 Å². The highest BCUT2D eigenvalue weighted by atomic mass is 16.5. The number of rotatable bonds is 7. The van der Waals surface area contributed by atoms with Gasteiger partial charge in [0.1, 0.15) is 5.75 Å². The van der Waals surface area contributed by atoms with E-state index in [1.54, 1.807) is 13.4 Å². The molecule has 1 heterocycles. The van der Waals surface area contributed by atoms with Crippen molar-refractivity contribution in [2.45, 2.75) is 12.8 Å². The maximum Gasteiger partial charge on any atom is 0.119 e. The lowest BCUT2D eigenvalue weighted by Crippen LogP contribution is -2.20. The van der Waals surface area contributed by atoms with Crippen molar-refractivity contribution < 1.29 is 4.74 Å². The Hall–Kier alpha value is -1.81. The second-order valence-corrected chi connectivity index (χ2v) is 4.18. The van der Waals surface area contributed by atoms with Gasteiger partial charge in [-0.15, -0.1) is 0 Å². The van der Waals surface area contributed by atoms with Gasteiger partial charge in [-0.3, -0.25) is 0 Å². The molecule has 0 bridgehead atoms. The first-order valence-corrected chi connectivity index (χ1v) is 6.19. The number of ether oxygens (including phenoxy) is 1. The predicted octanol–water partition coefficient (Wildman–Crippen LogP) is 1.79. The van der Waals surface area contributed by atoms with Gasteiger partial charge in [0, 0.05) is 24.9 Å². The van der Waals surface area contributed by atoms with Crippen molar-refractivity contribution in [2.24, 2.45) is 0 Å². The molecular formula is C14H19N3O. The van der Waals surface area contributed by atoms with Crippen LogP contribution in [0.2, 0.25) is 0 Å². The second-order valence-electron chi connectivity index (χ2n) is 4.18. The third kappa shape index (κ3) is 3.89. The topological polar surface area (TPSA) is 49.9 Å². The number of H-pyrrole nitrogens is 1. The summed E-state index contributed by atoms with van der Waals surface area (Å²) in [5, 5.41) is 3.42. The average molecular weight is 245 g/mol. The summed E-state index contributed by atoms with van der Waals surface area (Å²) in [6.45, 7) is 1.94. The Morgan fingerprint density at radius 1 is 1.28 bits per heavy atom. The Labute approximate surface area is 107 Å². The summed E-state index contributed by atoms with van der Waals surface area (Å²) in [5.41, 5.74) is 2.47. The molecule has 4 nitrogen and oxygen atoms in total. The molecule has 0 radical (unpaired) electrons. The van der Waals surface area contributed by atoms with Crippen molar-refractivity contribution in [3.63, 3.8) is 0 Å². The molecule has 1 aromatic heterocycles. The van der Waals surface area contributed by atoms with E-state index in [4.69, 9.17) is 4.74 Å². The SMILES string of the molecule is COc1cccc(CCNCCc2cnc[nH]2)c1. The van der Waals surface area contributed by atoms with Crippen molar-refractivity contribution in [1.82, 2.24) is 15.3 Å². The zero-order valence-corrected chi connectivity index (χ0v) is 10.6. The third-order valence-corrected chi connectivity index (χ3v) is 2.85. The van der Waals surface area contributed by atoms with Crippen LogP contribution in [0.15, 0.2) is 36.8 Å². The van der Waals surface area contributed by atoms with Crippen molar-refractivity contribution in [2.75, 3.05) is 20.2 Å². The van der Waals surface area contributed by atoms with E-state index < -0.39 is 0 Å². The lowest BCUT2D eigenvalue weighted by atomic mass is 10.1.